The van der Waals surface area contributed by atoms with Crippen LogP contribution in [-0.4, -0.2) is 4.98 Å². The van der Waals surface area contributed by atoms with Gasteiger partial charge in [0.05, 0.1) is 0 Å². The number of pyridine rings is 1. The maximum Gasteiger partial charge on any atom is 0.128 e. The van der Waals surface area contributed by atoms with Crippen molar-refractivity contribution in [2.75, 3.05) is 0 Å². The monoisotopic (exact) mass is 263 g/mol. The first kappa shape index (κ1) is 13.0. The molecule has 0 aliphatic heterocycles. The van der Waals surface area contributed by atoms with Crippen molar-refractivity contribution >= 4 is 11.6 Å². The highest BCUT2D eigenvalue weighted by atomic mass is 35.5. The van der Waals surface area contributed by atoms with Gasteiger partial charge < -0.3 is 0 Å². The second-order valence-corrected chi connectivity index (χ2v) is 4.69. The first-order chi connectivity index (χ1) is 8.70. The van der Waals surface area contributed by atoms with Gasteiger partial charge in [-0.05, 0) is 30.2 Å². The molecule has 2 rings (SSSR count). The standard InChI is InChI=1S/C15H15ClFN/c1-2-4-11-7-8-12(18-10-11)9-13-14(16)5-3-6-15(13)17/h3,5-8,10H,2,4,9H2,1H3. The van der Waals surface area contributed by atoms with Gasteiger partial charge in [-0.3, -0.25) is 4.98 Å². The molecule has 0 aliphatic rings. The van der Waals surface area contributed by atoms with E-state index in [1.807, 2.05) is 18.3 Å². The molecule has 2 aromatic rings. The zero-order valence-electron chi connectivity index (χ0n) is 10.3. The van der Waals surface area contributed by atoms with Crippen molar-refractivity contribution in [3.63, 3.8) is 0 Å². The quantitative estimate of drug-likeness (QED) is 0.796. The van der Waals surface area contributed by atoms with Crippen molar-refractivity contribution in [3.05, 3.63) is 64.2 Å². The van der Waals surface area contributed by atoms with Crippen molar-refractivity contribution in [2.45, 2.75) is 26.2 Å². The summed E-state index contributed by atoms with van der Waals surface area (Å²) in [5.41, 5.74) is 2.55. The molecule has 0 spiro atoms. The summed E-state index contributed by atoms with van der Waals surface area (Å²) in [5.74, 6) is -0.276. The Bertz CT molecular complexity index is 502. The van der Waals surface area contributed by atoms with E-state index in [0.717, 1.165) is 18.5 Å². The lowest BCUT2D eigenvalue weighted by Crippen LogP contribution is -1.97. The maximum atomic E-state index is 13.6. The lowest BCUT2D eigenvalue weighted by atomic mass is 10.1. The van der Waals surface area contributed by atoms with Gasteiger partial charge in [-0.2, -0.15) is 0 Å². The van der Waals surface area contributed by atoms with Crippen molar-refractivity contribution < 1.29 is 4.39 Å². The van der Waals surface area contributed by atoms with E-state index < -0.39 is 0 Å². The van der Waals surface area contributed by atoms with Gasteiger partial charge in [0.1, 0.15) is 5.82 Å². The highest BCUT2D eigenvalue weighted by Gasteiger charge is 2.08. The topological polar surface area (TPSA) is 12.9 Å². The second-order valence-electron chi connectivity index (χ2n) is 4.28. The Kier molecular flexibility index (Phi) is 4.32. The molecule has 1 heterocycles. The van der Waals surface area contributed by atoms with Crippen LogP contribution in [0.3, 0.4) is 0 Å². The number of hydrogen-bond acceptors (Lipinski definition) is 1. The summed E-state index contributed by atoms with van der Waals surface area (Å²) < 4.78 is 13.6. The Labute approximate surface area is 112 Å². The van der Waals surface area contributed by atoms with Crippen molar-refractivity contribution in [3.8, 4) is 0 Å². The van der Waals surface area contributed by atoms with Crippen molar-refractivity contribution in [1.82, 2.24) is 4.98 Å². The van der Waals surface area contributed by atoms with E-state index in [-0.39, 0.29) is 5.82 Å². The van der Waals surface area contributed by atoms with Gasteiger partial charge in [-0.15, -0.1) is 0 Å². The van der Waals surface area contributed by atoms with Crippen LogP contribution in [0.5, 0.6) is 0 Å². The third-order valence-electron chi connectivity index (χ3n) is 2.84. The fourth-order valence-corrected chi connectivity index (χ4v) is 2.11. The molecule has 0 amide bonds. The Morgan fingerprint density at radius 1 is 1.22 bits per heavy atom. The van der Waals surface area contributed by atoms with Crippen LogP contribution in [0.2, 0.25) is 5.02 Å². The minimum absolute atomic E-state index is 0.276. The molecular formula is C15H15ClFN. The molecule has 3 heteroatoms. The minimum Gasteiger partial charge on any atom is -0.261 e. The van der Waals surface area contributed by atoms with Crippen LogP contribution in [0, 0.1) is 5.82 Å². The van der Waals surface area contributed by atoms with E-state index >= 15 is 0 Å². The summed E-state index contributed by atoms with van der Waals surface area (Å²) in [6.07, 6.45) is 4.40. The molecular weight excluding hydrogens is 249 g/mol. The lowest BCUT2D eigenvalue weighted by molar-refractivity contribution is 0.613. The molecule has 0 N–H and O–H groups in total. The number of halogens is 2. The smallest absolute Gasteiger partial charge is 0.128 e. The van der Waals surface area contributed by atoms with Gasteiger partial charge in [0.15, 0.2) is 0 Å². The van der Waals surface area contributed by atoms with Crippen LogP contribution in [0.4, 0.5) is 4.39 Å². The molecule has 0 saturated heterocycles. The molecule has 94 valence electrons. The van der Waals surface area contributed by atoms with Crippen LogP contribution < -0.4 is 0 Å². The number of nitrogens with zero attached hydrogens (tertiary/aromatic N) is 1. The Morgan fingerprint density at radius 2 is 2.06 bits per heavy atom. The van der Waals surface area contributed by atoms with E-state index in [2.05, 4.69) is 11.9 Å². The molecule has 18 heavy (non-hydrogen) atoms. The van der Waals surface area contributed by atoms with E-state index in [1.54, 1.807) is 12.1 Å². The van der Waals surface area contributed by atoms with Crippen molar-refractivity contribution in [2.24, 2.45) is 0 Å². The van der Waals surface area contributed by atoms with Gasteiger partial charge in [0.25, 0.3) is 0 Å². The number of rotatable bonds is 4. The summed E-state index contributed by atoms with van der Waals surface area (Å²) in [6, 6.07) is 8.71. The van der Waals surface area contributed by atoms with Crippen LogP contribution in [0.25, 0.3) is 0 Å². The largest absolute Gasteiger partial charge is 0.261 e. The SMILES string of the molecule is CCCc1ccc(Cc2c(F)cccc2Cl)nc1. The molecule has 1 aromatic carbocycles. The summed E-state index contributed by atoms with van der Waals surface area (Å²) in [6.45, 7) is 2.13. The van der Waals surface area contributed by atoms with Crippen LogP contribution in [0.1, 0.15) is 30.2 Å². The fourth-order valence-electron chi connectivity index (χ4n) is 1.88. The molecule has 0 fully saturated rings. The Hall–Kier alpha value is -1.41. The highest BCUT2D eigenvalue weighted by molar-refractivity contribution is 6.31. The third kappa shape index (κ3) is 3.08. The van der Waals surface area contributed by atoms with E-state index in [0.29, 0.717) is 17.0 Å². The number of benzene rings is 1. The zero-order valence-corrected chi connectivity index (χ0v) is 11.0. The molecule has 0 atom stereocenters. The molecule has 0 bridgehead atoms. The number of aryl methyl sites for hydroxylation is 1. The predicted octanol–water partition coefficient (Wildman–Crippen LogP) is 4.42. The Morgan fingerprint density at radius 3 is 2.67 bits per heavy atom. The van der Waals surface area contributed by atoms with Crippen LogP contribution >= 0.6 is 11.6 Å². The molecule has 0 saturated carbocycles. The van der Waals surface area contributed by atoms with Gasteiger partial charge >= 0.3 is 0 Å². The maximum absolute atomic E-state index is 13.6. The predicted molar refractivity (Wildman–Crippen MR) is 72.4 cm³/mol. The molecule has 0 aliphatic carbocycles. The molecule has 1 nitrogen and oxygen atoms in total. The molecule has 0 radical (unpaired) electrons. The van der Waals surface area contributed by atoms with Gasteiger partial charge in [-0.1, -0.05) is 37.1 Å². The molecule has 1 aromatic heterocycles. The van der Waals surface area contributed by atoms with Crippen LogP contribution in [0.15, 0.2) is 36.5 Å². The third-order valence-corrected chi connectivity index (χ3v) is 3.20. The van der Waals surface area contributed by atoms with Gasteiger partial charge in [-0.25, -0.2) is 4.39 Å². The van der Waals surface area contributed by atoms with Crippen LogP contribution in [-0.2, 0) is 12.8 Å². The normalized spacial score (nSPS) is 10.6. The zero-order chi connectivity index (χ0) is 13.0. The van der Waals surface area contributed by atoms with Gasteiger partial charge in [0, 0.05) is 28.9 Å². The lowest BCUT2D eigenvalue weighted by Gasteiger charge is -2.06. The van der Waals surface area contributed by atoms with E-state index in [1.165, 1.54) is 11.6 Å². The summed E-state index contributed by atoms with van der Waals surface area (Å²) >= 11 is 5.99. The second kappa shape index (κ2) is 5.96. The summed E-state index contributed by atoms with van der Waals surface area (Å²) in [7, 11) is 0. The number of aromatic nitrogens is 1. The first-order valence-electron chi connectivity index (χ1n) is 6.07. The van der Waals surface area contributed by atoms with E-state index in [9.17, 15) is 4.39 Å². The average molecular weight is 264 g/mol. The number of hydrogen-bond donors (Lipinski definition) is 0. The molecule has 0 unspecified atom stereocenters. The summed E-state index contributed by atoms with van der Waals surface area (Å²) in [4.78, 5) is 4.35. The average Bonchev–Trinajstić information content (AvgIpc) is 2.36. The fraction of sp³-hybridized carbons (Fsp3) is 0.267. The van der Waals surface area contributed by atoms with E-state index in [4.69, 9.17) is 11.6 Å². The highest BCUT2D eigenvalue weighted by Crippen LogP contribution is 2.21. The van der Waals surface area contributed by atoms with Crippen molar-refractivity contribution in [1.29, 1.82) is 0 Å². The minimum atomic E-state index is -0.276. The van der Waals surface area contributed by atoms with Gasteiger partial charge in [0.2, 0.25) is 0 Å². The summed E-state index contributed by atoms with van der Waals surface area (Å²) in [5, 5.41) is 0.453. The first-order valence-corrected chi connectivity index (χ1v) is 6.45. The Balaban J connectivity index is 2.18.